The maximum Gasteiger partial charge on any atom is 0.500 e. The fourth-order valence-corrected chi connectivity index (χ4v) is 16.8. The normalized spacial score (nSPS) is 11.8. The predicted molar refractivity (Wildman–Crippen MR) is 314 cm³/mol. The quantitative estimate of drug-likeness (QED) is 0.0274. The summed E-state index contributed by atoms with van der Waals surface area (Å²) in [6, 6.07) is 27.0. The number of anilines is 3. The second kappa shape index (κ2) is 40.7. The molecule has 3 rings (SSSR count). The van der Waals surface area contributed by atoms with E-state index in [4.69, 9.17) is 54.0 Å². The molecule has 3 N–H and O–H groups in total. The number of alkyl carbamates (subject to hydrolysis) is 3. The number of amides is 3. The third-order valence-corrected chi connectivity index (χ3v) is 21.6. The summed E-state index contributed by atoms with van der Waals surface area (Å²) in [4.78, 5) is 40.0. The molecule has 0 saturated carbocycles. The number of carbonyl (C=O) groups excluding carboxylic acids is 3. The van der Waals surface area contributed by atoms with Gasteiger partial charge in [0.25, 0.3) is 0 Å². The molecule has 0 aromatic heterocycles. The number of nitrogens with one attached hydrogen (secondary N) is 3. The van der Waals surface area contributed by atoms with E-state index in [1.807, 2.05) is 74.4 Å². The molecule has 0 atom stereocenters. The van der Waals surface area contributed by atoms with Crippen LogP contribution in [0.2, 0.25) is 18.1 Å². The molecule has 0 saturated heterocycles. The van der Waals surface area contributed by atoms with E-state index < -0.39 is 44.7 Å². The van der Waals surface area contributed by atoms with Gasteiger partial charge in [0.1, 0.15) is 0 Å². The lowest BCUT2D eigenvalue weighted by atomic mass is 10.0. The van der Waals surface area contributed by atoms with Crippen molar-refractivity contribution in [3.05, 3.63) is 89.5 Å². The Labute approximate surface area is 475 Å². The van der Waals surface area contributed by atoms with Gasteiger partial charge in [0.2, 0.25) is 0 Å². The van der Waals surface area contributed by atoms with E-state index in [0.717, 1.165) is 40.2 Å². The van der Waals surface area contributed by atoms with Gasteiger partial charge in [0.05, 0.1) is 19.8 Å². The highest BCUT2D eigenvalue weighted by atomic mass is 28.4. The third kappa shape index (κ3) is 26.8. The Balaban J connectivity index is 1.64. The average molecular weight is 1160 g/mol. The van der Waals surface area contributed by atoms with Gasteiger partial charge in [-0.15, -0.1) is 0 Å². The molecular weight excluding hydrogens is 1060 g/mol. The van der Waals surface area contributed by atoms with Gasteiger partial charge in [0, 0.05) is 114 Å². The third-order valence-electron chi connectivity index (χ3n) is 12.1. The van der Waals surface area contributed by atoms with Gasteiger partial charge in [-0.25, -0.2) is 14.4 Å². The lowest BCUT2D eigenvalue weighted by Crippen LogP contribution is -2.46. The van der Waals surface area contributed by atoms with Gasteiger partial charge in [-0.2, -0.15) is 0 Å². The standard InChI is InChI=1S/C57H96N4O15Si3/c1-10-68-77(69-11-2,70-12-3)44-24-38-58-55(62)65-41-21-29-49-34-36-52(37-35-49)61(53-32-19-27-50(47-53)30-22-42-66-56(63)59-39-25-45-78(71-13-4,72-14-5)73-15-6)54-33-20-28-51(48-54)31-23-43-67-57(64)60-40-26-46-79(74-16-7,75-17-8)76-18-9/h19-20,27-28,32-37,47-48H,10-18,21-26,29-31,38-46H2,1-9H3,(H,58,62)(H,59,63)(H,60,64). The number of hydrogen-bond donors (Lipinski definition) is 3. The summed E-state index contributed by atoms with van der Waals surface area (Å²) in [5.74, 6) is 0. The van der Waals surface area contributed by atoms with Gasteiger partial charge < -0.3 is 74.9 Å². The maximum absolute atomic E-state index is 12.6. The van der Waals surface area contributed by atoms with Crippen molar-refractivity contribution in [2.75, 3.05) is 104 Å². The number of benzene rings is 3. The van der Waals surface area contributed by atoms with E-state index in [-0.39, 0.29) is 19.8 Å². The first-order chi connectivity index (χ1) is 38.4. The van der Waals surface area contributed by atoms with Gasteiger partial charge in [-0.05, 0) is 173 Å². The van der Waals surface area contributed by atoms with E-state index in [9.17, 15) is 14.4 Å². The van der Waals surface area contributed by atoms with E-state index >= 15 is 0 Å². The van der Waals surface area contributed by atoms with Crippen molar-refractivity contribution in [3.8, 4) is 0 Å². The largest absolute Gasteiger partial charge is 0.500 e. The molecule has 0 aliphatic carbocycles. The van der Waals surface area contributed by atoms with E-state index in [1.54, 1.807) is 0 Å². The van der Waals surface area contributed by atoms with Crippen molar-refractivity contribution >= 4 is 61.8 Å². The van der Waals surface area contributed by atoms with Crippen LogP contribution in [0.4, 0.5) is 31.4 Å². The molecule has 79 heavy (non-hydrogen) atoms. The summed E-state index contributed by atoms with van der Waals surface area (Å²) in [5.41, 5.74) is 6.21. The first kappa shape index (κ1) is 68.8. The van der Waals surface area contributed by atoms with Crippen molar-refractivity contribution in [3.63, 3.8) is 0 Å². The van der Waals surface area contributed by atoms with Crippen LogP contribution in [-0.2, 0) is 73.3 Å². The van der Waals surface area contributed by atoms with Crippen molar-refractivity contribution in [2.45, 2.75) is 138 Å². The number of hydrogen-bond acceptors (Lipinski definition) is 16. The summed E-state index contributed by atoms with van der Waals surface area (Å²) in [5, 5.41) is 8.56. The van der Waals surface area contributed by atoms with Crippen LogP contribution in [0.15, 0.2) is 72.8 Å². The Hall–Kier alpha value is -4.44. The van der Waals surface area contributed by atoms with Crippen molar-refractivity contribution < 1.29 is 68.4 Å². The molecule has 0 heterocycles. The fourth-order valence-electron chi connectivity index (χ4n) is 8.93. The van der Waals surface area contributed by atoms with E-state index in [2.05, 4.69) is 81.5 Å². The van der Waals surface area contributed by atoms with Crippen molar-refractivity contribution in [1.29, 1.82) is 0 Å². The first-order valence-electron chi connectivity index (χ1n) is 29.0. The molecule has 0 fully saturated rings. The lowest BCUT2D eigenvalue weighted by Gasteiger charge is -2.28. The minimum atomic E-state index is -2.79. The summed E-state index contributed by atoms with van der Waals surface area (Å²) in [6.45, 7) is 24.0. The highest BCUT2D eigenvalue weighted by Gasteiger charge is 2.41. The zero-order chi connectivity index (χ0) is 57.5. The van der Waals surface area contributed by atoms with E-state index in [0.29, 0.717) is 149 Å². The SMILES string of the molecule is CCO[Si](CCCNC(=O)OCCCc1ccc(N(c2cccc(CCCOC(=O)NCCC[Si](OCC)(OCC)OCC)c2)c2cccc(CCCOC(=O)NCCC[Si](OCC)(OCC)OCC)c2)cc1)(OCC)OCC. The summed E-state index contributed by atoms with van der Waals surface area (Å²) >= 11 is 0. The molecule has 0 unspecified atom stereocenters. The van der Waals surface area contributed by atoms with Gasteiger partial charge in [-0.3, -0.25) is 0 Å². The smallest absolute Gasteiger partial charge is 0.450 e. The number of carbonyl (C=O) groups is 3. The molecule has 3 aromatic carbocycles. The van der Waals surface area contributed by atoms with Gasteiger partial charge in [-0.1, -0.05) is 36.4 Å². The molecule has 0 radical (unpaired) electrons. The zero-order valence-corrected chi connectivity index (χ0v) is 52.1. The van der Waals surface area contributed by atoms with Crippen LogP contribution in [0.3, 0.4) is 0 Å². The molecule has 0 bridgehead atoms. The molecule has 22 heteroatoms. The number of nitrogens with zero attached hydrogens (tertiary/aromatic N) is 1. The average Bonchev–Trinajstić information content (AvgIpc) is 3.44. The first-order valence-corrected chi connectivity index (χ1v) is 34.8. The molecule has 0 aliphatic rings. The highest BCUT2D eigenvalue weighted by Crippen LogP contribution is 2.36. The Bertz CT molecular complexity index is 1970. The maximum atomic E-state index is 12.6. The Morgan fingerprint density at radius 1 is 0.367 bits per heavy atom. The second-order valence-electron chi connectivity index (χ2n) is 18.1. The number of aryl methyl sites for hydroxylation is 3. The molecule has 0 aliphatic heterocycles. The Morgan fingerprint density at radius 2 is 0.658 bits per heavy atom. The fraction of sp³-hybridized carbons (Fsp3) is 0.632. The molecule has 0 spiro atoms. The number of rotatable bonds is 45. The van der Waals surface area contributed by atoms with Crippen LogP contribution < -0.4 is 20.9 Å². The van der Waals surface area contributed by atoms with Crippen LogP contribution in [0, 0.1) is 0 Å². The van der Waals surface area contributed by atoms with Crippen LogP contribution in [-0.4, -0.2) is 144 Å². The zero-order valence-electron chi connectivity index (χ0n) is 49.1. The van der Waals surface area contributed by atoms with Crippen molar-refractivity contribution in [2.24, 2.45) is 0 Å². The summed E-state index contributed by atoms with van der Waals surface area (Å²) in [6.07, 6.45) is 4.62. The highest BCUT2D eigenvalue weighted by molar-refractivity contribution is 6.61. The topological polar surface area (TPSA) is 201 Å². The molecular formula is C57H96N4O15Si3. The summed E-state index contributed by atoms with van der Waals surface area (Å²) in [7, 11) is -8.35. The monoisotopic (exact) mass is 1160 g/mol. The minimum Gasteiger partial charge on any atom is -0.450 e. The van der Waals surface area contributed by atoms with Crippen LogP contribution in [0.1, 0.15) is 118 Å². The van der Waals surface area contributed by atoms with Crippen LogP contribution in [0.25, 0.3) is 0 Å². The van der Waals surface area contributed by atoms with Gasteiger partial charge in [0.15, 0.2) is 0 Å². The van der Waals surface area contributed by atoms with Crippen molar-refractivity contribution in [1.82, 2.24) is 16.0 Å². The predicted octanol–water partition coefficient (Wildman–Crippen LogP) is 11.4. The molecule has 3 aromatic rings. The molecule has 3 amide bonds. The van der Waals surface area contributed by atoms with Crippen LogP contribution >= 0.6 is 0 Å². The summed E-state index contributed by atoms with van der Waals surface area (Å²) < 4.78 is 70.0. The van der Waals surface area contributed by atoms with Gasteiger partial charge >= 0.3 is 44.7 Å². The second-order valence-corrected chi connectivity index (χ2v) is 26.3. The Kier molecular flexibility index (Phi) is 35.5. The molecule has 446 valence electrons. The Morgan fingerprint density at radius 3 is 0.949 bits per heavy atom. The van der Waals surface area contributed by atoms with Crippen LogP contribution in [0.5, 0.6) is 0 Å². The molecule has 19 nitrogen and oxygen atoms in total. The minimum absolute atomic E-state index is 0.264. The number of ether oxygens (including phenoxy) is 3. The van der Waals surface area contributed by atoms with E-state index in [1.165, 1.54) is 0 Å². The lowest BCUT2D eigenvalue weighted by molar-refractivity contribution is 0.0699.